The Bertz CT molecular complexity index is 599. The minimum atomic E-state index is 0.0114. The van der Waals surface area contributed by atoms with Crippen LogP contribution in [0.1, 0.15) is 25.0 Å². The lowest BCUT2D eigenvalue weighted by Gasteiger charge is -2.14. The van der Waals surface area contributed by atoms with Gasteiger partial charge in [0.25, 0.3) is 0 Å². The number of benzene rings is 2. The summed E-state index contributed by atoms with van der Waals surface area (Å²) in [7, 11) is 0. The molecule has 0 aliphatic rings. The predicted octanol–water partition coefficient (Wildman–Crippen LogP) is 4.23. The molecule has 0 fully saturated rings. The first-order valence-electron chi connectivity index (χ1n) is 6.98. The standard InChI is InChI=1S/C17H20BrNO2/c1-12(2)19-10-14-6-7-15(18)9-17(14)21-16-5-3-4-13(8-16)11-20/h3-9,12,19-20H,10-11H2,1-2H3. The second-order valence-corrected chi connectivity index (χ2v) is 6.11. The second-order valence-electron chi connectivity index (χ2n) is 5.20. The van der Waals surface area contributed by atoms with Gasteiger partial charge in [0.2, 0.25) is 0 Å². The van der Waals surface area contributed by atoms with Crippen LogP contribution in [-0.2, 0) is 13.2 Å². The maximum atomic E-state index is 9.20. The van der Waals surface area contributed by atoms with Gasteiger partial charge in [-0.15, -0.1) is 0 Å². The lowest BCUT2D eigenvalue weighted by Crippen LogP contribution is -2.22. The van der Waals surface area contributed by atoms with Crippen LogP contribution in [0, 0.1) is 0 Å². The van der Waals surface area contributed by atoms with Crippen molar-refractivity contribution in [2.45, 2.75) is 33.0 Å². The highest BCUT2D eigenvalue weighted by Gasteiger charge is 2.07. The number of rotatable bonds is 6. The fraction of sp³-hybridized carbons (Fsp3) is 0.294. The van der Waals surface area contributed by atoms with Gasteiger partial charge >= 0.3 is 0 Å². The summed E-state index contributed by atoms with van der Waals surface area (Å²) in [6.45, 7) is 4.99. The first kappa shape index (κ1) is 16.0. The van der Waals surface area contributed by atoms with E-state index in [4.69, 9.17) is 4.74 Å². The van der Waals surface area contributed by atoms with E-state index in [1.165, 1.54) is 0 Å². The molecule has 3 nitrogen and oxygen atoms in total. The Morgan fingerprint density at radius 1 is 1.19 bits per heavy atom. The highest BCUT2D eigenvalue weighted by molar-refractivity contribution is 9.10. The molecule has 0 atom stereocenters. The van der Waals surface area contributed by atoms with Gasteiger partial charge in [0.15, 0.2) is 0 Å². The average molecular weight is 350 g/mol. The van der Waals surface area contributed by atoms with Crippen molar-refractivity contribution >= 4 is 15.9 Å². The molecule has 0 radical (unpaired) electrons. The third-order valence-electron chi connectivity index (χ3n) is 3.04. The molecule has 2 aromatic rings. The Morgan fingerprint density at radius 3 is 2.71 bits per heavy atom. The quantitative estimate of drug-likeness (QED) is 0.819. The van der Waals surface area contributed by atoms with Gasteiger partial charge in [0.05, 0.1) is 6.61 Å². The fourth-order valence-electron chi connectivity index (χ4n) is 1.92. The summed E-state index contributed by atoms with van der Waals surface area (Å²) in [6, 6.07) is 13.9. The Morgan fingerprint density at radius 2 is 2.00 bits per heavy atom. The largest absolute Gasteiger partial charge is 0.457 e. The van der Waals surface area contributed by atoms with Gasteiger partial charge in [-0.25, -0.2) is 0 Å². The summed E-state index contributed by atoms with van der Waals surface area (Å²) in [6.07, 6.45) is 0. The molecule has 2 rings (SSSR count). The third-order valence-corrected chi connectivity index (χ3v) is 3.53. The molecule has 0 aliphatic heterocycles. The number of halogens is 1. The van der Waals surface area contributed by atoms with Gasteiger partial charge in [0, 0.05) is 22.6 Å². The smallest absolute Gasteiger partial charge is 0.133 e. The summed E-state index contributed by atoms with van der Waals surface area (Å²) in [4.78, 5) is 0. The number of hydrogen-bond acceptors (Lipinski definition) is 3. The van der Waals surface area contributed by atoms with Crippen LogP contribution in [0.4, 0.5) is 0 Å². The summed E-state index contributed by atoms with van der Waals surface area (Å²) in [5.74, 6) is 1.54. The van der Waals surface area contributed by atoms with E-state index in [9.17, 15) is 5.11 Å². The maximum absolute atomic E-state index is 9.20. The predicted molar refractivity (Wildman–Crippen MR) is 88.6 cm³/mol. The van der Waals surface area contributed by atoms with Crippen LogP contribution in [0.5, 0.6) is 11.5 Å². The molecule has 4 heteroatoms. The molecule has 2 aromatic carbocycles. The zero-order valence-corrected chi connectivity index (χ0v) is 13.9. The first-order valence-corrected chi connectivity index (χ1v) is 7.77. The minimum absolute atomic E-state index is 0.0114. The van der Waals surface area contributed by atoms with Crippen molar-refractivity contribution in [3.63, 3.8) is 0 Å². The molecule has 112 valence electrons. The van der Waals surface area contributed by atoms with E-state index in [0.29, 0.717) is 6.04 Å². The van der Waals surface area contributed by atoms with Crippen LogP contribution < -0.4 is 10.1 Å². The Kier molecular flexibility index (Phi) is 5.79. The molecule has 0 aliphatic carbocycles. The molecule has 0 spiro atoms. The number of aliphatic hydroxyl groups is 1. The highest BCUT2D eigenvalue weighted by Crippen LogP contribution is 2.29. The van der Waals surface area contributed by atoms with Crippen LogP contribution in [-0.4, -0.2) is 11.1 Å². The summed E-state index contributed by atoms with van der Waals surface area (Å²) in [5.41, 5.74) is 1.94. The lowest BCUT2D eigenvalue weighted by molar-refractivity contribution is 0.281. The van der Waals surface area contributed by atoms with Crippen LogP contribution in [0.3, 0.4) is 0 Å². The van der Waals surface area contributed by atoms with Crippen LogP contribution in [0.2, 0.25) is 0 Å². The Hall–Kier alpha value is -1.36. The number of aliphatic hydroxyl groups excluding tert-OH is 1. The minimum Gasteiger partial charge on any atom is -0.457 e. The van der Waals surface area contributed by atoms with Crippen molar-refractivity contribution in [1.82, 2.24) is 5.32 Å². The summed E-state index contributed by atoms with van der Waals surface area (Å²) >= 11 is 3.48. The van der Waals surface area contributed by atoms with Crippen molar-refractivity contribution in [2.24, 2.45) is 0 Å². The molecule has 0 unspecified atom stereocenters. The molecule has 2 N–H and O–H groups in total. The number of nitrogens with one attached hydrogen (secondary N) is 1. The summed E-state index contributed by atoms with van der Waals surface area (Å²) in [5, 5.41) is 12.6. The molecule has 0 saturated heterocycles. The molecule has 0 saturated carbocycles. The van der Waals surface area contributed by atoms with Crippen molar-refractivity contribution in [3.05, 3.63) is 58.1 Å². The highest BCUT2D eigenvalue weighted by atomic mass is 79.9. The van der Waals surface area contributed by atoms with Crippen LogP contribution in [0.15, 0.2) is 46.9 Å². The van der Waals surface area contributed by atoms with Crippen molar-refractivity contribution in [3.8, 4) is 11.5 Å². The van der Waals surface area contributed by atoms with E-state index in [1.54, 1.807) is 0 Å². The van der Waals surface area contributed by atoms with E-state index in [0.717, 1.165) is 33.6 Å². The topological polar surface area (TPSA) is 41.5 Å². The second kappa shape index (κ2) is 7.59. The monoisotopic (exact) mass is 349 g/mol. The lowest BCUT2D eigenvalue weighted by atomic mass is 10.2. The van der Waals surface area contributed by atoms with Gasteiger partial charge in [0.1, 0.15) is 11.5 Å². The average Bonchev–Trinajstić information content (AvgIpc) is 2.46. The molecule has 0 amide bonds. The molecule has 0 heterocycles. The van der Waals surface area contributed by atoms with Gasteiger partial charge in [-0.1, -0.05) is 48.0 Å². The first-order chi connectivity index (χ1) is 10.1. The van der Waals surface area contributed by atoms with E-state index in [1.807, 2.05) is 42.5 Å². The molecular weight excluding hydrogens is 330 g/mol. The van der Waals surface area contributed by atoms with Gasteiger partial charge < -0.3 is 15.2 Å². The maximum Gasteiger partial charge on any atom is 0.133 e. The SMILES string of the molecule is CC(C)NCc1ccc(Br)cc1Oc1cccc(CO)c1. The molecule has 0 aromatic heterocycles. The zero-order valence-electron chi connectivity index (χ0n) is 12.3. The fourth-order valence-corrected chi connectivity index (χ4v) is 2.26. The van der Waals surface area contributed by atoms with Crippen molar-refractivity contribution in [2.75, 3.05) is 0 Å². The third kappa shape index (κ3) is 4.84. The van der Waals surface area contributed by atoms with Gasteiger partial charge in [-0.2, -0.15) is 0 Å². The Balaban J connectivity index is 2.22. The van der Waals surface area contributed by atoms with Crippen LogP contribution >= 0.6 is 15.9 Å². The zero-order chi connectivity index (χ0) is 15.2. The Labute approximate surface area is 134 Å². The summed E-state index contributed by atoms with van der Waals surface area (Å²) < 4.78 is 6.96. The molecule has 21 heavy (non-hydrogen) atoms. The van der Waals surface area contributed by atoms with E-state index in [2.05, 4.69) is 35.1 Å². The molecular formula is C17H20BrNO2. The number of ether oxygens (including phenoxy) is 1. The van der Waals surface area contributed by atoms with Gasteiger partial charge in [-0.3, -0.25) is 0 Å². The van der Waals surface area contributed by atoms with E-state index < -0.39 is 0 Å². The van der Waals surface area contributed by atoms with Gasteiger partial charge in [-0.05, 0) is 29.8 Å². The van der Waals surface area contributed by atoms with Crippen molar-refractivity contribution < 1.29 is 9.84 Å². The van der Waals surface area contributed by atoms with E-state index >= 15 is 0 Å². The van der Waals surface area contributed by atoms with Crippen molar-refractivity contribution in [1.29, 1.82) is 0 Å². The normalized spacial score (nSPS) is 10.9. The number of hydrogen-bond donors (Lipinski definition) is 2. The molecule has 0 bridgehead atoms. The van der Waals surface area contributed by atoms with Crippen LogP contribution in [0.25, 0.3) is 0 Å². The van der Waals surface area contributed by atoms with E-state index in [-0.39, 0.29) is 6.61 Å².